The predicted octanol–water partition coefficient (Wildman–Crippen LogP) is 6.86. The maximum atomic E-state index is 14.7. The zero-order chi connectivity index (χ0) is 34.4. The van der Waals surface area contributed by atoms with Crippen molar-refractivity contribution in [1.29, 1.82) is 0 Å². The van der Waals surface area contributed by atoms with Gasteiger partial charge in [0, 0.05) is 29.8 Å². The number of nitrogens with zero attached hydrogens (tertiary/aromatic N) is 4. The maximum absolute atomic E-state index is 14.7. The van der Waals surface area contributed by atoms with Gasteiger partial charge >= 0.3 is 12.3 Å². The van der Waals surface area contributed by atoms with Crippen molar-refractivity contribution < 1.29 is 36.7 Å². The highest BCUT2D eigenvalue weighted by Crippen LogP contribution is 2.54. The molecular formula is C30H38BrClF4N6O4. The van der Waals surface area contributed by atoms with Crippen LogP contribution >= 0.6 is 27.5 Å². The average molecular weight is 738 g/mol. The van der Waals surface area contributed by atoms with Crippen LogP contribution in [-0.2, 0) is 20.5 Å². The Morgan fingerprint density at radius 1 is 1.20 bits per heavy atom. The summed E-state index contributed by atoms with van der Waals surface area (Å²) >= 11 is 9.28. The third-order valence-corrected chi connectivity index (χ3v) is 9.14. The van der Waals surface area contributed by atoms with Crippen LogP contribution in [0.25, 0.3) is 0 Å². The molecule has 0 radical (unpaired) electrons. The summed E-state index contributed by atoms with van der Waals surface area (Å²) in [6.07, 6.45) is -3.14. The summed E-state index contributed by atoms with van der Waals surface area (Å²) in [7, 11) is 0. The fourth-order valence-corrected chi connectivity index (χ4v) is 6.96. The first-order valence-electron chi connectivity index (χ1n) is 15.1. The highest BCUT2D eigenvalue weighted by Gasteiger charge is 2.55. The third-order valence-electron chi connectivity index (χ3n) is 8.44. The number of alkyl halides is 4. The number of hydrogen-bond donors (Lipinski definition) is 2. The molecule has 1 fully saturated rings. The second-order valence-corrected chi connectivity index (χ2v) is 13.6. The Morgan fingerprint density at radius 3 is 2.39 bits per heavy atom. The topological polar surface area (TPSA) is 107 Å². The van der Waals surface area contributed by atoms with E-state index < -0.39 is 62.9 Å². The second kappa shape index (κ2) is 13.3. The van der Waals surface area contributed by atoms with E-state index in [0.717, 1.165) is 0 Å². The molecule has 1 aliphatic carbocycles. The summed E-state index contributed by atoms with van der Waals surface area (Å²) in [6.45, 7) is 11.8. The number of carbonyl (C=O) groups excluding carboxylic acids is 3. The summed E-state index contributed by atoms with van der Waals surface area (Å²) in [5.41, 5.74) is 0.900. The minimum atomic E-state index is -4.82. The van der Waals surface area contributed by atoms with Crippen molar-refractivity contribution in [3.63, 3.8) is 0 Å². The van der Waals surface area contributed by atoms with Crippen molar-refractivity contribution in [3.8, 4) is 0 Å². The summed E-state index contributed by atoms with van der Waals surface area (Å²) in [5.74, 6) is -2.20. The zero-order valence-electron chi connectivity index (χ0n) is 26.4. The number of benzene rings is 1. The fraction of sp³-hybridized carbons (Fsp3) is 0.600. The molecule has 4 aliphatic rings. The second-order valence-electron chi connectivity index (χ2n) is 12.4. The molecule has 2 atom stereocenters. The minimum Gasteiger partial charge on any atom is -0.444 e. The number of halogens is 6. The van der Waals surface area contributed by atoms with Gasteiger partial charge in [-0.1, -0.05) is 32.4 Å². The molecule has 0 bridgehead atoms. The van der Waals surface area contributed by atoms with E-state index in [2.05, 4.69) is 38.6 Å². The van der Waals surface area contributed by atoms with Crippen LogP contribution in [0.1, 0.15) is 72.8 Å². The smallest absolute Gasteiger partial charge is 0.416 e. The van der Waals surface area contributed by atoms with Gasteiger partial charge in [0.05, 0.1) is 16.3 Å². The number of anilines is 1. The van der Waals surface area contributed by atoms with Gasteiger partial charge in [-0.05, 0) is 80.4 Å². The van der Waals surface area contributed by atoms with Crippen molar-refractivity contribution >= 4 is 57.1 Å². The molecule has 10 nitrogen and oxygen atoms in total. The lowest BCUT2D eigenvalue weighted by Crippen LogP contribution is -2.61. The number of allylic oxidation sites excluding steroid dienone is 1. The number of rotatable bonds is 3. The lowest BCUT2D eigenvalue weighted by Gasteiger charge is -2.53. The van der Waals surface area contributed by atoms with Crippen LogP contribution in [0.5, 0.6) is 0 Å². The molecule has 2 N–H and O–H groups in total. The number of piperidine rings is 1. The van der Waals surface area contributed by atoms with Crippen molar-refractivity contribution in [2.45, 2.75) is 84.1 Å². The Labute approximate surface area is 278 Å². The molecule has 16 heteroatoms. The minimum absolute atomic E-state index is 0.0718. The van der Waals surface area contributed by atoms with Gasteiger partial charge in [0.1, 0.15) is 18.0 Å². The van der Waals surface area contributed by atoms with Gasteiger partial charge in [-0.25, -0.2) is 19.2 Å². The van der Waals surface area contributed by atoms with Crippen molar-refractivity contribution in [1.82, 2.24) is 20.2 Å². The highest BCUT2D eigenvalue weighted by molar-refractivity contribution is 9.09. The number of likely N-dealkylation sites (tertiary alicyclic amines) is 1. The van der Waals surface area contributed by atoms with Crippen molar-refractivity contribution in [3.05, 3.63) is 39.8 Å². The molecule has 0 aromatic heterocycles. The number of ether oxygens (including phenoxy) is 1. The van der Waals surface area contributed by atoms with Crippen molar-refractivity contribution in [2.24, 2.45) is 16.3 Å². The number of amides is 3. The Morgan fingerprint density at radius 2 is 1.83 bits per heavy atom. The molecule has 5 rings (SSSR count). The number of hydrogen-bond acceptors (Lipinski definition) is 7. The van der Waals surface area contributed by atoms with Crippen LogP contribution in [0.3, 0.4) is 0 Å². The van der Waals surface area contributed by atoms with E-state index >= 15 is 0 Å². The Balaban J connectivity index is 0.00000235. The monoisotopic (exact) mass is 736 g/mol. The van der Waals surface area contributed by atoms with E-state index in [1.807, 2.05) is 13.8 Å². The van der Waals surface area contributed by atoms with Crippen LogP contribution < -0.4 is 10.7 Å². The number of guanidine groups is 1. The first-order valence-corrected chi connectivity index (χ1v) is 16.4. The molecule has 3 heterocycles. The summed E-state index contributed by atoms with van der Waals surface area (Å²) < 4.78 is 59.5. The van der Waals surface area contributed by atoms with E-state index in [1.54, 1.807) is 30.6 Å². The molecule has 3 aliphatic heterocycles. The largest absolute Gasteiger partial charge is 0.444 e. The molecule has 254 valence electrons. The lowest BCUT2D eigenvalue weighted by atomic mass is 9.59. The van der Waals surface area contributed by atoms with E-state index in [0.29, 0.717) is 56.1 Å². The Bertz CT molecular complexity index is 1430. The van der Waals surface area contributed by atoms with Crippen molar-refractivity contribution in [2.75, 3.05) is 25.0 Å². The summed E-state index contributed by atoms with van der Waals surface area (Å²) in [5, 5.41) is 2.28. The lowest BCUT2D eigenvalue weighted by molar-refractivity contribution is -0.137. The first kappa shape index (κ1) is 35.9. The highest BCUT2D eigenvalue weighted by atomic mass is 79.9. The number of nitrogens with one attached hydrogen (secondary N) is 2. The van der Waals surface area contributed by atoms with Crippen LogP contribution in [0, 0.1) is 17.2 Å². The van der Waals surface area contributed by atoms with Gasteiger partial charge in [0.25, 0.3) is 5.91 Å². The van der Waals surface area contributed by atoms with Gasteiger partial charge in [-0.15, -0.1) is 0 Å². The molecule has 0 saturated carbocycles. The summed E-state index contributed by atoms with van der Waals surface area (Å²) in [4.78, 5) is 47.8. The standard InChI is InChI=1S/C28H32BrClF4N6O4.C2H6/c1-14-5-6-18-20(27(14)7-9-38(10-8-27)25(43)44-26(2,3)4)22(42)40-24(36-23(29)37-40)39(18)13-19(41)35-21-16(30)11-15(12-17(21)31)28(32,33)34;1-2/h11-12,14,23,37H,5-10,13H2,1-4H3,(H,35,41);1-2H3. The first-order chi connectivity index (χ1) is 21.4. The van der Waals surface area contributed by atoms with Gasteiger partial charge in [0.15, 0.2) is 5.08 Å². The molecular weight excluding hydrogens is 700 g/mol. The molecule has 1 spiro atoms. The number of fused-ring (bicyclic) bond motifs is 2. The number of aliphatic imine (C=N–C) groups is 1. The van der Waals surface area contributed by atoms with Crippen LogP contribution in [0.4, 0.5) is 28.0 Å². The normalized spacial score (nSPS) is 22.6. The van der Waals surface area contributed by atoms with E-state index in [4.69, 9.17) is 16.3 Å². The quantitative estimate of drug-likeness (QED) is 0.200. The van der Waals surface area contributed by atoms with Gasteiger partial charge in [0.2, 0.25) is 11.9 Å². The molecule has 1 aromatic carbocycles. The molecule has 2 unspecified atom stereocenters. The molecule has 46 heavy (non-hydrogen) atoms. The zero-order valence-corrected chi connectivity index (χ0v) is 28.8. The van der Waals surface area contributed by atoms with Crippen LogP contribution in [0.2, 0.25) is 5.02 Å². The summed E-state index contributed by atoms with van der Waals surface area (Å²) in [6, 6.07) is 0.804. The van der Waals surface area contributed by atoms with E-state index in [-0.39, 0.29) is 23.9 Å². The van der Waals surface area contributed by atoms with Gasteiger partial charge in [-0.3, -0.25) is 9.59 Å². The van der Waals surface area contributed by atoms with Gasteiger partial charge in [-0.2, -0.15) is 18.6 Å². The number of carbonyl (C=O) groups is 3. The number of hydrazine groups is 1. The molecule has 1 saturated heterocycles. The average Bonchev–Trinajstić information content (AvgIpc) is 3.36. The fourth-order valence-electron chi connectivity index (χ4n) is 6.32. The Hall–Kier alpha value is -2.91. The van der Waals surface area contributed by atoms with E-state index in [9.17, 15) is 31.9 Å². The van der Waals surface area contributed by atoms with Gasteiger partial charge < -0.3 is 19.9 Å². The SMILES string of the molecule is CC.CC1CCC2=C(C(=O)N3NC(Br)N=C3N2CC(=O)Nc2c(F)cc(C(F)(F)F)cc2Cl)C12CCN(C(=O)OC(C)(C)C)CC2. The molecule has 1 aromatic rings. The van der Waals surface area contributed by atoms with Crippen LogP contribution in [-0.4, -0.2) is 69.0 Å². The van der Waals surface area contributed by atoms with E-state index in [1.165, 1.54) is 5.01 Å². The maximum Gasteiger partial charge on any atom is 0.416 e. The molecule has 3 amide bonds. The Kier molecular flexibility index (Phi) is 10.4. The third kappa shape index (κ3) is 7.01. The predicted molar refractivity (Wildman–Crippen MR) is 168 cm³/mol. The van der Waals surface area contributed by atoms with Crippen LogP contribution in [0.15, 0.2) is 28.4 Å².